The number of imidazole rings is 1. The first-order valence-corrected chi connectivity index (χ1v) is 21.1. The van der Waals surface area contributed by atoms with Crippen LogP contribution >= 0.6 is 0 Å². The highest BCUT2D eigenvalue weighted by molar-refractivity contribution is 6.81. The fourth-order valence-electron chi connectivity index (χ4n) is 10.2. The topological polar surface area (TPSA) is 37.8 Å². The number of fused-ring (bicyclic) bond motifs is 4. The largest absolute Gasteiger partial charge is 0.371 e. The summed E-state index contributed by atoms with van der Waals surface area (Å²) in [4.78, 5) is 11.0. The van der Waals surface area contributed by atoms with Gasteiger partial charge in [-0.15, -0.1) is 0 Å². The van der Waals surface area contributed by atoms with Gasteiger partial charge in [-0.1, -0.05) is 102 Å². The van der Waals surface area contributed by atoms with E-state index in [1.807, 2.05) is 0 Å². The predicted molar refractivity (Wildman–Crippen MR) is 198 cm³/mol. The molecule has 2 aromatic heterocycles. The molecule has 1 aromatic carbocycles. The zero-order valence-electron chi connectivity index (χ0n) is 31.9. The lowest BCUT2D eigenvalue weighted by atomic mass is 9.56. The number of hydrogen-bond donors (Lipinski definition) is 0. The lowest BCUT2D eigenvalue weighted by Crippen LogP contribution is -2.70. The van der Waals surface area contributed by atoms with Crippen molar-refractivity contribution in [3.05, 3.63) is 47.4 Å². The van der Waals surface area contributed by atoms with E-state index in [0.717, 1.165) is 24.5 Å². The van der Waals surface area contributed by atoms with Crippen LogP contribution in [0.1, 0.15) is 144 Å². The van der Waals surface area contributed by atoms with Gasteiger partial charge >= 0.3 is 8.40 Å². The molecule has 0 radical (unpaired) electrons. The first-order valence-electron chi connectivity index (χ1n) is 18.2. The molecule has 0 saturated heterocycles. The first kappa shape index (κ1) is 33.4. The van der Waals surface area contributed by atoms with Crippen LogP contribution in [0.2, 0.25) is 13.1 Å². The molecule has 3 atom stereocenters. The molecule has 2 aliphatic heterocycles. The minimum Gasteiger partial charge on any atom is -0.350 e. The van der Waals surface area contributed by atoms with Crippen molar-refractivity contribution in [2.24, 2.45) is 5.41 Å². The lowest BCUT2D eigenvalue weighted by molar-refractivity contribution is -0.733. The average Bonchev–Trinajstić information content (AvgIpc) is 3.39. The molecular formula is C40H62N5Si+. The van der Waals surface area contributed by atoms with E-state index in [9.17, 15) is 0 Å². The Morgan fingerprint density at radius 2 is 1.52 bits per heavy atom. The molecule has 6 rings (SSSR count). The van der Waals surface area contributed by atoms with Crippen LogP contribution in [0.15, 0.2) is 24.8 Å². The van der Waals surface area contributed by atoms with Crippen LogP contribution in [0.4, 0.5) is 5.82 Å². The zero-order valence-corrected chi connectivity index (χ0v) is 32.9. The monoisotopic (exact) mass is 640 g/mol. The van der Waals surface area contributed by atoms with Crippen molar-refractivity contribution in [2.45, 2.75) is 162 Å². The van der Waals surface area contributed by atoms with Gasteiger partial charge in [0.25, 0.3) is 5.82 Å². The molecule has 1 aliphatic carbocycles. The Kier molecular flexibility index (Phi) is 7.12. The summed E-state index contributed by atoms with van der Waals surface area (Å²) < 4.78 is 8.07. The molecule has 4 heterocycles. The molecule has 250 valence electrons. The van der Waals surface area contributed by atoms with E-state index in [1.54, 1.807) is 0 Å². The average molecular weight is 641 g/mol. The van der Waals surface area contributed by atoms with Crippen LogP contribution in [0.5, 0.6) is 0 Å². The number of nitrogens with zero attached hydrogens (tertiary/aromatic N) is 5. The SMILES string of the molecule is C=CC1(CC)[n+]2c3n(c4cc5c(cc42)C(C)(C)C(C)(CCCCC)C5(C)C)[Si](C)(C)N(C)c2nc(C(C)(C)C)nc(c2-3)C1(C)CC. The van der Waals surface area contributed by atoms with Crippen molar-refractivity contribution in [1.82, 2.24) is 14.2 Å². The van der Waals surface area contributed by atoms with Gasteiger partial charge in [0.2, 0.25) is 0 Å². The van der Waals surface area contributed by atoms with Crippen molar-refractivity contribution >= 4 is 25.2 Å². The molecule has 6 heteroatoms. The van der Waals surface area contributed by atoms with Crippen LogP contribution < -0.4 is 9.13 Å². The van der Waals surface area contributed by atoms with Crippen molar-refractivity contribution in [1.29, 1.82) is 0 Å². The van der Waals surface area contributed by atoms with E-state index in [2.05, 4.69) is 141 Å². The molecule has 0 spiro atoms. The Morgan fingerprint density at radius 3 is 2.04 bits per heavy atom. The molecular weight excluding hydrogens is 579 g/mol. The lowest BCUT2D eigenvalue weighted by Gasteiger charge is -2.50. The molecule has 0 fully saturated rings. The zero-order chi connectivity index (χ0) is 34.2. The highest BCUT2D eigenvalue weighted by atomic mass is 28.3. The number of allylic oxidation sites excluding steroid dienone is 1. The molecule has 0 saturated carbocycles. The first-order chi connectivity index (χ1) is 21.2. The van der Waals surface area contributed by atoms with Crippen molar-refractivity contribution in [3.63, 3.8) is 0 Å². The van der Waals surface area contributed by atoms with Crippen LogP contribution in [0.3, 0.4) is 0 Å². The molecule has 0 N–H and O–H groups in total. The third-order valence-corrected chi connectivity index (χ3v) is 17.7. The fraction of sp³-hybridized carbons (Fsp3) is 0.675. The highest BCUT2D eigenvalue weighted by Crippen LogP contribution is 2.65. The van der Waals surface area contributed by atoms with Gasteiger partial charge in [-0.05, 0) is 84.9 Å². The van der Waals surface area contributed by atoms with Gasteiger partial charge in [-0.2, -0.15) is 0 Å². The molecule has 3 aliphatic rings. The third kappa shape index (κ3) is 3.61. The minimum absolute atomic E-state index is 0.0345. The summed E-state index contributed by atoms with van der Waals surface area (Å²) in [6.45, 7) is 38.6. The summed E-state index contributed by atoms with van der Waals surface area (Å²) >= 11 is 0. The van der Waals surface area contributed by atoms with E-state index in [0.29, 0.717) is 0 Å². The Bertz CT molecular complexity index is 1770. The summed E-state index contributed by atoms with van der Waals surface area (Å²) in [5.41, 5.74) is 7.69. The van der Waals surface area contributed by atoms with Crippen LogP contribution in [-0.2, 0) is 27.2 Å². The minimum atomic E-state index is -2.30. The predicted octanol–water partition coefficient (Wildman–Crippen LogP) is 9.81. The summed E-state index contributed by atoms with van der Waals surface area (Å²) in [6.07, 6.45) is 9.28. The van der Waals surface area contributed by atoms with Gasteiger partial charge in [0, 0.05) is 12.5 Å². The molecule has 3 unspecified atom stereocenters. The van der Waals surface area contributed by atoms with Gasteiger partial charge in [0.15, 0.2) is 11.0 Å². The van der Waals surface area contributed by atoms with E-state index < -0.39 is 8.40 Å². The molecule has 3 aromatic rings. The standard InChI is InChI=1S/C40H62N5Si/c1-17-21-22-23-39(13)36(8,9)26-24-28-29(25-27(26)37(39,10)11)45-33-30-31(38(12,18-2)40(19-3,20-4)44(28)33)41-34(35(5,6)7)42-32(30)43(14)46(45,15)16/h19,24-25H,3,17-18,20-23H2,1-2,4-16H3/q+1. The molecule has 46 heavy (non-hydrogen) atoms. The number of anilines is 1. The number of hydrogen-bond acceptors (Lipinski definition) is 3. The molecule has 0 bridgehead atoms. The Morgan fingerprint density at radius 1 is 0.913 bits per heavy atom. The normalized spacial score (nSPS) is 28.4. The fourth-order valence-corrected chi connectivity index (χ4v) is 12.7. The number of unbranched alkanes of at least 4 members (excludes halogenated alkanes) is 2. The van der Waals surface area contributed by atoms with E-state index in [-0.39, 0.29) is 32.6 Å². The quantitative estimate of drug-likeness (QED) is 0.112. The second-order valence-corrected chi connectivity index (χ2v) is 22.1. The summed E-state index contributed by atoms with van der Waals surface area (Å²) in [6, 6.07) is 5.26. The molecule has 0 amide bonds. The number of aromatic nitrogens is 4. The van der Waals surface area contributed by atoms with Crippen LogP contribution in [-0.4, -0.2) is 29.6 Å². The van der Waals surface area contributed by atoms with E-state index in [1.165, 1.54) is 64.9 Å². The van der Waals surface area contributed by atoms with Gasteiger partial charge in [-0.3, -0.25) is 4.23 Å². The van der Waals surface area contributed by atoms with Crippen molar-refractivity contribution < 1.29 is 4.57 Å². The van der Waals surface area contributed by atoms with Gasteiger partial charge in [0.1, 0.15) is 22.7 Å². The Labute approximate surface area is 281 Å². The number of benzene rings is 1. The summed E-state index contributed by atoms with van der Waals surface area (Å²) in [7, 11) is -0.00105. The van der Waals surface area contributed by atoms with E-state index in [4.69, 9.17) is 9.97 Å². The second-order valence-electron chi connectivity index (χ2n) is 18.0. The molecule has 5 nitrogen and oxygen atoms in total. The maximum absolute atomic E-state index is 5.55. The van der Waals surface area contributed by atoms with Crippen LogP contribution in [0, 0.1) is 5.41 Å². The maximum Gasteiger partial charge on any atom is 0.371 e. The van der Waals surface area contributed by atoms with Crippen molar-refractivity contribution in [2.75, 3.05) is 11.6 Å². The van der Waals surface area contributed by atoms with Gasteiger partial charge in [0.05, 0.1) is 11.1 Å². The smallest absolute Gasteiger partial charge is 0.350 e. The van der Waals surface area contributed by atoms with Crippen molar-refractivity contribution in [3.8, 4) is 11.4 Å². The third-order valence-electron chi connectivity index (χ3n) is 14.3. The van der Waals surface area contributed by atoms with Gasteiger partial charge in [-0.25, -0.2) is 14.5 Å². The van der Waals surface area contributed by atoms with E-state index >= 15 is 0 Å². The maximum atomic E-state index is 5.55. The Balaban J connectivity index is 1.82. The Hall–Kier alpha value is -2.47. The second kappa shape index (κ2) is 9.80. The van der Waals surface area contributed by atoms with Crippen LogP contribution in [0.25, 0.3) is 22.4 Å². The van der Waals surface area contributed by atoms with Gasteiger partial charge < -0.3 is 4.57 Å². The summed E-state index contributed by atoms with van der Waals surface area (Å²) in [5, 5.41) is 0. The summed E-state index contributed by atoms with van der Waals surface area (Å²) in [5.74, 6) is 3.35. The highest BCUT2D eigenvalue weighted by Gasteiger charge is 2.65. The number of rotatable bonds is 7.